The van der Waals surface area contributed by atoms with Gasteiger partial charge in [-0.05, 0) is 54.1 Å². The fourth-order valence-electron chi connectivity index (χ4n) is 3.10. The van der Waals surface area contributed by atoms with E-state index in [1.807, 2.05) is 6.07 Å². The number of benzene rings is 3. The summed E-state index contributed by atoms with van der Waals surface area (Å²) >= 11 is 7.72. The van der Waals surface area contributed by atoms with Crippen molar-refractivity contribution < 1.29 is 0 Å². The van der Waals surface area contributed by atoms with Crippen LogP contribution in [0, 0.1) is 0 Å². The molecular weight excluding hydrogens is 424 g/mol. The first-order valence-corrected chi connectivity index (χ1v) is 9.36. The van der Waals surface area contributed by atoms with Gasteiger partial charge in [0.05, 0.1) is 0 Å². The van der Waals surface area contributed by atoms with E-state index in [0.717, 1.165) is 8.96 Å². The van der Waals surface area contributed by atoms with Crippen molar-refractivity contribution in [2.24, 2.45) is 0 Å². The molecule has 0 amide bonds. The van der Waals surface area contributed by atoms with Gasteiger partial charge in [-0.3, -0.25) is 0 Å². The molecule has 24 heavy (non-hydrogen) atoms. The molecule has 0 nitrogen and oxygen atoms in total. The van der Waals surface area contributed by atoms with Crippen molar-refractivity contribution in [1.29, 1.82) is 0 Å². The van der Waals surface area contributed by atoms with Crippen LogP contribution in [0.25, 0.3) is 20.1 Å². The van der Waals surface area contributed by atoms with Crippen molar-refractivity contribution in [3.8, 4) is 0 Å². The Bertz CT molecular complexity index is 952. The standard InChI is InChI=1S/C22H14Br2/c23-21(16-11-5-2-6-12-16)20-17-13-7-8-14-18(17)22(24)19(20)15-9-3-1-4-10-15/h1-14H/b21-20+. The number of fused-ring (bicyclic) bond motifs is 1. The second-order valence-corrected chi connectivity index (χ2v) is 7.24. The second kappa shape index (κ2) is 6.54. The Morgan fingerprint density at radius 2 is 1.17 bits per heavy atom. The van der Waals surface area contributed by atoms with E-state index in [2.05, 4.69) is 111 Å². The number of hydrogen-bond donors (Lipinski definition) is 0. The summed E-state index contributed by atoms with van der Waals surface area (Å²) in [5, 5.41) is 0. The highest BCUT2D eigenvalue weighted by Crippen LogP contribution is 2.52. The van der Waals surface area contributed by atoms with E-state index in [0.29, 0.717) is 0 Å². The van der Waals surface area contributed by atoms with Crippen LogP contribution in [0.15, 0.2) is 84.9 Å². The molecule has 0 atom stereocenters. The van der Waals surface area contributed by atoms with Gasteiger partial charge in [0.1, 0.15) is 0 Å². The Labute approximate surface area is 158 Å². The SMILES string of the molecule is BrC1=C(c2ccccc2)/C(=C(/Br)c2ccccc2)c2ccccc21. The molecule has 3 aromatic rings. The number of rotatable bonds is 2. The lowest BCUT2D eigenvalue weighted by Gasteiger charge is -2.12. The van der Waals surface area contributed by atoms with E-state index in [4.69, 9.17) is 0 Å². The third kappa shape index (κ3) is 2.60. The molecule has 0 N–H and O–H groups in total. The van der Waals surface area contributed by atoms with Gasteiger partial charge in [-0.2, -0.15) is 0 Å². The second-order valence-electron chi connectivity index (χ2n) is 5.66. The minimum atomic E-state index is 1.11. The summed E-state index contributed by atoms with van der Waals surface area (Å²) in [4.78, 5) is 0. The van der Waals surface area contributed by atoms with Crippen LogP contribution < -0.4 is 0 Å². The largest absolute Gasteiger partial charge is 0.0622 e. The van der Waals surface area contributed by atoms with Crippen LogP contribution in [-0.4, -0.2) is 0 Å². The first-order valence-electron chi connectivity index (χ1n) is 7.78. The van der Waals surface area contributed by atoms with Gasteiger partial charge in [0, 0.05) is 20.1 Å². The van der Waals surface area contributed by atoms with Gasteiger partial charge < -0.3 is 0 Å². The predicted octanol–water partition coefficient (Wildman–Crippen LogP) is 7.23. The molecule has 0 radical (unpaired) electrons. The summed E-state index contributed by atoms with van der Waals surface area (Å²) in [6.07, 6.45) is 0. The Morgan fingerprint density at radius 3 is 1.83 bits per heavy atom. The quantitative estimate of drug-likeness (QED) is 0.396. The maximum absolute atomic E-state index is 3.87. The molecule has 1 aliphatic carbocycles. The molecule has 0 fully saturated rings. The highest BCUT2D eigenvalue weighted by Gasteiger charge is 2.28. The summed E-state index contributed by atoms with van der Waals surface area (Å²) < 4.78 is 2.26. The van der Waals surface area contributed by atoms with E-state index in [1.54, 1.807) is 0 Å². The summed E-state index contributed by atoms with van der Waals surface area (Å²) in [5.74, 6) is 0. The third-order valence-corrected chi connectivity index (χ3v) is 5.89. The lowest BCUT2D eigenvalue weighted by atomic mass is 9.95. The highest BCUT2D eigenvalue weighted by atomic mass is 79.9. The molecule has 116 valence electrons. The van der Waals surface area contributed by atoms with Crippen LogP contribution in [0.4, 0.5) is 0 Å². The van der Waals surface area contributed by atoms with Crippen molar-refractivity contribution in [1.82, 2.24) is 0 Å². The summed E-state index contributed by atoms with van der Waals surface area (Å²) in [7, 11) is 0. The van der Waals surface area contributed by atoms with Gasteiger partial charge in [0.2, 0.25) is 0 Å². The molecule has 0 heterocycles. The molecule has 0 unspecified atom stereocenters. The number of allylic oxidation sites excluding steroid dienone is 2. The van der Waals surface area contributed by atoms with Crippen LogP contribution in [0.3, 0.4) is 0 Å². The van der Waals surface area contributed by atoms with Crippen LogP contribution in [0.2, 0.25) is 0 Å². The van der Waals surface area contributed by atoms with Gasteiger partial charge >= 0.3 is 0 Å². The molecule has 0 aromatic heterocycles. The average Bonchev–Trinajstić information content (AvgIpc) is 2.95. The van der Waals surface area contributed by atoms with Gasteiger partial charge in [0.15, 0.2) is 0 Å². The third-order valence-electron chi connectivity index (χ3n) is 4.21. The first kappa shape index (κ1) is 15.6. The van der Waals surface area contributed by atoms with Gasteiger partial charge in [0.25, 0.3) is 0 Å². The van der Waals surface area contributed by atoms with Crippen molar-refractivity contribution in [2.45, 2.75) is 0 Å². The molecule has 0 spiro atoms. The summed E-state index contributed by atoms with van der Waals surface area (Å²) in [5.41, 5.74) is 7.34. The molecule has 0 aliphatic heterocycles. The smallest absolute Gasteiger partial charge is 0.0339 e. The van der Waals surface area contributed by atoms with E-state index < -0.39 is 0 Å². The fourth-order valence-corrected chi connectivity index (χ4v) is 4.55. The first-order chi connectivity index (χ1) is 11.8. The summed E-state index contributed by atoms with van der Waals surface area (Å²) in [6, 6.07) is 29.5. The zero-order valence-corrected chi connectivity index (χ0v) is 16.0. The maximum Gasteiger partial charge on any atom is 0.0339 e. The average molecular weight is 438 g/mol. The van der Waals surface area contributed by atoms with Crippen molar-refractivity contribution in [3.63, 3.8) is 0 Å². The Balaban J connectivity index is 2.03. The van der Waals surface area contributed by atoms with Crippen molar-refractivity contribution in [3.05, 3.63) is 107 Å². The molecule has 0 saturated heterocycles. The van der Waals surface area contributed by atoms with Crippen LogP contribution in [0.1, 0.15) is 22.3 Å². The van der Waals surface area contributed by atoms with Crippen LogP contribution in [-0.2, 0) is 0 Å². The molecule has 1 aliphatic rings. The fraction of sp³-hybridized carbons (Fsp3) is 0. The number of hydrogen-bond acceptors (Lipinski definition) is 0. The van der Waals surface area contributed by atoms with Gasteiger partial charge in [-0.15, -0.1) is 0 Å². The monoisotopic (exact) mass is 436 g/mol. The Kier molecular flexibility index (Phi) is 4.26. The van der Waals surface area contributed by atoms with E-state index in [-0.39, 0.29) is 0 Å². The minimum Gasteiger partial charge on any atom is -0.0622 e. The zero-order valence-electron chi connectivity index (χ0n) is 12.8. The van der Waals surface area contributed by atoms with E-state index in [9.17, 15) is 0 Å². The van der Waals surface area contributed by atoms with Crippen molar-refractivity contribution >= 4 is 52.0 Å². The molecule has 2 heteroatoms. The molecular formula is C22H14Br2. The molecule has 4 rings (SSSR count). The minimum absolute atomic E-state index is 1.11. The molecule has 0 bridgehead atoms. The topological polar surface area (TPSA) is 0 Å². The zero-order chi connectivity index (χ0) is 16.5. The van der Waals surface area contributed by atoms with Gasteiger partial charge in [-0.1, -0.05) is 84.9 Å². The van der Waals surface area contributed by atoms with Crippen LogP contribution in [0.5, 0.6) is 0 Å². The van der Waals surface area contributed by atoms with Crippen molar-refractivity contribution in [2.75, 3.05) is 0 Å². The van der Waals surface area contributed by atoms with E-state index in [1.165, 1.54) is 33.4 Å². The lowest BCUT2D eigenvalue weighted by Crippen LogP contribution is -1.89. The molecule has 0 saturated carbocycles. The molecule has 3 aromatic carbocycles. The maximum atomic E-state index is 3.87. The Hall–Kier alpha value is -1.90. The predicted molar refractivity (Wildman–Crippen MR) is 111 cm³/mol. The normalized spacial score (nSPS) is 15.4. The van der Waals surface area contributed by atoms with E-state index >= 15 is 0 Å². The highest BCUT2D eigenvalue weighted by molar-refractivity contribution is 9.15. The summed E-state index contributed by atoms with van der Waals surface area (Å²) in [6.45, 7) is 0. The Morgan fingerprint density at radius 1 is 0.625 bits per heavy atom. The van der Waals surface area contributed by atoms with Gasteiger partial charge in [-0.25, -0.2) is 0 Å². The number of halogens is 2. The lowest BCUT2D eigenvalue weighted by molar-refractivity contribution is 1.60. The van der Waals surface area contributed by atoms with Crippen LogP contribution >= 0.6 is 31.9 Å².